The average molecular weight is 330 g/mol. The fourth-order valence-corrected chi connectivity index (χ4v) is 2.48. The molecule has 0 heterocycles. The van der Waals surface area contributed by atoms with Crippen molar-refractivity contribution in [2.24, 2.45) is 0 Å². The molecule has 1 atom stereocenters. The van der Waals surface area contributed by atoms with Crippen LogP contribution in [0.15, 0.2) is 40.9 Å². The molecule has 94 valence electrons. The Balaban J connectivity index is 2.47. The first-order valence-corrected chi connectivity index (χ1v) is 6.55. The quantitative estimate of drug-likeness (QED) is 0.851. The van der Waals surface area contributed by atoms with Gasteiger partial charge in [0.05, 0.1) is 0 Å². The third-order valence-corrected chi connectivity index (χ3v) is 3.74. The van der Waals surface area contributed by atoms with Gasteiger partial charge in [-0.3, -0.25) is 0 Å². The highest BCUT2D eigenvalue weighted by atomic mass is 79.9. The minimum Gasteiger partial charge on any atom is -0.384 e. The van der Waals surface area contributed by atoms with Crippen LogP contribution in [0.1, 0.15) is 22.8 Å². The van der Waals surface area contributed by atoms with E-state index in [0.29, 0.717) is 21.7 Å². The van der Waals surface area contributed by atoms with Crippen molar-refractivity contribution < 1.29 is 9.50 Å². The summed E-state index contributed by atoms with van der Waals surface area (Å²) in [5.74, 6) is -0.311. The maximum Gasteiger partial charge on any atom is 0.123 e. The van der Waals surface area contributed by atoms with Crippen LogP contribution in [0.3, 0.4) is 0 Å². The predicted octanol–water partition coefficient (Wildman–Crippen LogP) is 4.63. The summed E-state index contributed by atoms with van der Waals surface area (Å²) >= 11 is 9.30. The van der Waals surface area contributed by atoms with Crippen molar-refractivity contribution in [3.63, 3.8) is 0 Å². The SMILES string of the molecule is Cc1cc(F)ccc1C(O)c1cc(Cl)ccc1Br. The van der Waals surface area contributed by atoms with Crippen LogP contribution in [0.2, 0.25) is 5.02 Å². The molecule has 0 spiro atoms. The van der Waals surface area contributed by atoms with E-state index in [4.69, 9.17) is 11.6 Å². The summed E-state index contributed by atoms with van der Waals surface area (Å²) in [4.78, 5) is 0. The predicted molar refractivity (Wildman–Crippen MR) is 74.4 cm³/mol. The van der Waals surface area contributed by atoms with E-state index in [1.165, 1.54) is 12.1 Å². The number of aliphatic hydroxyl groups excluding tert-OH is 1. The second-order valence-electron chi connectivity index (χ2n) is 4.07. The van der Waals surface area contributed by atoms with Gasteiger partial charge in [0, 0.05) is 15.1 Å². The van der Waals surface area contributed by atoms with Crippen LogP contribution in [0.4, 0.5) is 4.39 Å². The second-order valence-corrected chi connectivity index (χ2v) is 5.36. The first kappa shape index (κ1) is 13.5. The largest absolute Gasteiger partial charge is 0.384 e. The molecule has 1 nitrogen and oxygen atoms in total. The van der Waals surface area contributed by atoms with Crippen molar-refractivity contribution >= 4 is 27.5 Å². The lowest BCUT2D eigenvalue weighted by atomic mass is 9.97. The number of halogens is 3. The molecule has 0 fully saturated rings. The highest BCUT2D eigenvalue weighted by Crippen LogP contribution is 2.32. The van der Waals surface area contributed by atoms with Crippen LogP contribution < -0.4 is 0 Å². The molecule has 0 aliphatic heterocycles. The Kier molecular flexibility index (Phi) is 4.05. The Morgan fingerprint density at radius 2 is 1.89 bits per heavy atom. The van der Waals surface area contributed by atoms with E-state index in [0.717, 1.165) is 4.47 Å². The van der Waals surface area contributed by atoms with Gasteiger partial charge >= 0.3 is 0 Å². The van der Waals surface area contributed by atoms with Crippen molar-refractivity contribution in [1.82, 2.24) is 0 Å². The van der Waals surface area contributed by atoms with Crippen LogP contribution in [0.25, 0.3) is 0 Å². The van der Waals surface area contributed by atoms with Crippen LogP contribution in [-0.4, -0.2) is 5.11 Å². The molecule has 2 aromatic rings. The zero-order chi connectivity index (χ0) is 13.3. The molecular formula is C14H11BrClFO. The Morgan fingerprint density at radius 1 is 1.17 bits per heavy atom. The zero-order valence-corrected chi connectivity index (χ0v) is 12.0. The maximum absolute atomic E-state index is 13.0. The molecule has 0 bridgehead atoms. The van der Waals surface area contributed by atoms with Crippen molar-refractivity contribution in [2.45, 2.75) is 13.0 Å². The van der Waals surface area contributed by atoms with Gasteiger partial charge in [-0.25, -0.2) is 4.39 Å². The van der Waals surface area contributed by atoms with Crippen molar-refractivity contribution in [1.29, 1.82) is 0 Å². The van der Waals surface area contributed by atoms with Gasteiger partial charge in [0.1, 0.15) is 11.9 Å². The van der Waals surface area contributed by atoms with Crippen LogP contribution in [0, 0.1) is 12.7 Å². The summed E-state index contributed by atoms with van der Waals surface area (Å²) in [5.41, 5.74) is 2.03. The summed E-state index contributed by atoms with van der Waals surface area (Å²) in [6, 6.07) is 9.53. The molecule has 0 amide bonds. The van der Waals surface area contributed by atoms with Gasteiger partial charge in [-0.15, -0.1) is 0 Å². The number of hydrogen-bond acceptors (Lipinski definition) is 1. The molecule has 2 aromatic carbocycles. The van der Waals surface area contributed by atoms with Crippen LogP contribution in [-0.2, 0) is 0 Å². The topological polar surface area (TPSA) is 20.2 Å². The number of aliphatic hydroxyl groups is 1. The number of rotatable bonds is 2. The molecule has 0 aliphatic rings. The number of aryl methyl sites for hydroxylation is 1. The van der Waals surface area contributed by atoms with Gasteiger partial charge in [-0.2, -0.15) is 0 Å². The van der Waals surface area contributed by atoms with E-state index in [1.807, 2.05) is 0 Å². The van der Waals surface area contributed by atoms with Crippen molar-refractivity contribution in [2.75, 3.05) is 0 Å². The highest BCUT2D eigenvalue weighted by Gasteiger charge is 2.16. The molecule has 4 heteroatoms. The molecule has 0 saturated carbocycles. The molecule has 18 heavy (non-hydrogen) atoms. The molecule has 0 aromatic heterocycles. The van der Waals surface area contributed by atoms with Gasteiger partial charge in [0.15, 0.2) is 0 Å². The van der Waals surface area contributed by atoms with Gasteiger partial charge in [-0.1, -0.05) is 33.6 Å². The van der Waals surface area contributed by atoms with Crippen LogP contribution in [0.5, 0.6) is 0 Å². The molecule has 1 N–H and O–H groups in total. The Bertz CT molecular complexity index is 586. The Labute approximate surface area is 118 Å². The average Bonchev–Trinajstić information content (AvgIpc) is 2.31. The lowest BCUT2D eigenvalue weighted by Gasteiger charge is -2.16. The molecule has 0 saturated heterocycles. The Hall–Kier alpha value is -0.900. The monoisotopic (exact) mass is 328 g/mol. The summed E-state index contributed by atoms with van der Waals surface area (Å²) in [7, 11) is 0. The van der Waals surface area contributed by atoms with Crippen molar-refractivity contribution in [3.8, 4) is 0 Å². The maximum atomic E-state index is 13.0. The van der Waals surface area contributed by atoms with Gasteiger partial charge in [0.25, 0.3) is 0 Å². The summed E-state index contributed by atoms with van der Waals surface area (Å²) in [6.07, 6.45) is -0.835. The Morgan fingerprint density at radius 3 is 2.56 bits per heavy atom. The molecule has 2 rings (SSSR count). The van der Waals surface area contributed by atoms with Crippen LogP contribution >= 0.6 is 27.5 Å². The number of hydrogen-bond donors (Lipinski definition) is 1. The standard InChI is InChI=1S/C14H11BrClFO/c1-8-6-10(17)3-4-11(8)14(18)12-7-9(16)2-5-13(12)15/h2-7,14,18H,1H3. The minimum atomic E-state index is -0.835. The van der Waals surface area contributed by atoms with E-state index >= 15 is 0 Å². The van der Waals surface area contributed by atoms with Crippen molar-refractivity contribution in [3.05, 3.63) is 68.4 Å². The lowest BCUT2D eigenvalue weighted by Crippen LogP contribution is -2.03. The third kappa shape index (κ3) is 2.74. The minimum absolute atomic E-state index is 0.311. The summed E-state index contributed by atoms with van der Waals surface area (Å²) in [6.45, 7) is 1.76. The van der Waals surface area contributed by atoms with Gasteiger partial charge < -0.3 is 5.11 Å². The van der Waals surface area contributed by atoms with E-state index < -0.39 is 6.10 Å². The summed E-state index contributed by atoms with van der Waals surface area (Å²) < 4.78 is 13.8. The zero-order valence-electron chi connectivity index (χ0n) is 9.62. The fraction of sp³-hybridized carbons (Fsp3) is 0.143. The van der Waals surface area contributed by atoms with E-state index in [-0.39, 0.29) is 5.82 Å². The third-order valence-electron chi connectivity index (χ3n) is 2.78. The fourth-order valence-electron chi connectivity index (χ4n) is 1.84. The van der Waals surface area contributed by atoms with E-state index in [2.05, 4.69) is 15.9 Å². The smallest absolute Gasteiger partial charge is 0.123 e. The summed E-state index contributed by atoms with van der Waals surface area (Å²) in [5, 5.41) is 10.9. The number of benzene rings is 2. The first-order valence-electron chi connectivity index (χ1n) is 5.38. The molecule has 0 aliphatic carbocycles. The molecule has 0 radical (unpaired) electrons. The van der Waals surface area contributed by atoms with Gasteiger partial charge in [0.2, 0.25) is 0 Å². The highest BCUT2D eigenvalue weighted by molar-refractivity contribution is 9.10. The van der Waals surface area contributed by atoms with Gasteiger partial charge in [-0.05, 0) is 48.4 Å². The molecule has 1 unspecified atom stereocenters. The second kappa shape index (κ2) is 5.39. The molecular weight excluding hydrogens is 319 g/mol. The van der Waals surface area contributed by atoms with E-state index in [1.54, 1.807) is 31.2 Å². The first-order chi connectivity index (χ1) is 8.49. The lowest BCUT2D eigenvalue weighted by molar-refractivity contribution is 0.218. The van der Waals surface area contributed by atoms with E-state index in [9.17, 15) is 9.50 Å². The normalized spacial score (nSPS) is 12.5.